The van der Waals surface area contributed by atoms with Crippen molar-refractivity contribution in [3.05, 3.63) is 23.8 Å². The molecule has 1 heterocycles. The van der Waals surface area contributed by atoms with Gasteiger partial charge in [-0.3, -0.25) is 0 Å². The van der Waals surface area contributed by atoms with E-state index in [1.165, 1.54) is 37.2 Å². The third kappa shape index (κ3) is 1.57. The van der Waals surface area contributed by atoms with Crippen molar-refractivity contribution in [2.24, 2.45) is 0 Å². The summed E-state index contributed by atoms with van der Waals surface area (Å²) < 4.78 is 5.32. The Hall–Kier alpha value is -1.18. The van der Waals surface area contributed by atoms with Crippen LogP contribution in [0.2, 0.25) is 0 Å². The summed E-state index contributed by atoms with van der Waals surface area (Å²) >= 11 is 0. The first kappa shape index (κ1) is 9.38. The molecule has 0 aliphatic carbocycles. The molecule has 0 unspecified atom stereocenters. The molecule has 76 valence electrons. The Kier molecular flexibility index (Phi) is 2.62. The molecule has 0 atom stereocenters. The summed E-state index contributed by atoms with van der Waals surface area (Å²) in [7, 11) is 1.73. The SMILES string of the molecule is COc1cccc(N2CCCC2)c1C. The number of hydrogen-bond acceptors (Lipinski definition) is 2. The van der Waals surface area contributed by atoms with Crippen LogP contribution < -0.4 is 9.64 Å². The van der Waals surface area contributed by atoms with E-state index in [0.717, 1.165) is 5.75 Å². The molecule has 2 heteroatoms. The van der Waals surface area contributed by atoms with E-state index in [4.69, 9.17) is 4.74 Å². The lowest BCUT2D eigenvalue weighted by atomic mass is 10.1. The maximum atomic E-state index is 5.32. The maximum Gasteiger partial charge on any atom is 0.123 e. The molecule has 0 amide bonds. The van der Waals surface area contributed by atoms with Crippen LogP contribution in [0.1, 0.15) is 18.4 Å². The summed E-state index contributed by atoms with van der Waals surface area (Å²) in [6.07, 6.45) is 2.63. The molecule has 2 nitrogen and oxygen atoms in total. The van der Waals surface area contributed by atoms with Crippen LogP contribution in [0.4, 0.5) is 5.69 Å². The topological polar surface area (TPSA) is 12.5 Å². The van der Waals surface area contributed by atoms with Crippen molar-refractivity contribution in [3.8, 4) is 5.75 Å². The zero-order valence-corrected chi connectivity index (χ0v) is 8.92. The highest BCUT2D eigenvalue weighted by Gasteiger charge is 2.15. The van der Waals surface area contributed by atoms with Gasteiger partial charge in [0.15, 0.2) is 0 Å². The highest BCUT2D eigenvalue weighted by molar-refractivity contribution is 5.59. The molecule has 1 aromatic rings. The summed E-state index contributed by atoms with van der Waals surface area (Å²) in [4.78, 5) is 2.44. The molecule has 14 heavy (non-hydrogen) atoms. The van der Waals surface area contributed by atoms with Crippen molar-refractivity contribution in [2.75, 3.05) is 25.1 Å². The van der Waals surface area contributed by atoms with Crippen LogP contribution in [0.25, 0.3) is 0 Å². The summed E-state index contributed by atoms with van der Waals surface area (Å²) in [6.45, 7) is 4.51. The first-order chi connectivity index (χ1) is 6.83. The Morgan fingerprint density at radius 1 is 1.21 bits per heavy atom. The van der Waals surface area contributed by atoms with Gasteiger partial charge < -0.3 is 9.64 Å². The lowest BCUT2D eigenvalue weighted by Gasteiger charge is -2.21. The summed E-state index contributed by atoms with van der Waals surface area (Å²) in [5, 5.41) is 0. The number of benzene rings is 1. The minimum Gasteiger partial charge on any atom is -0.496 e. The zero-order valence-electron chi connectivity index (χ0n) is 8.92. The van der Waals surface area contributed by atoms with Crippen LogP contribution in [0.3, 0.4) is 0 Å². The molecule has 0 saturated carbocycles. The Bertz CT molecular complexity index is 316. The Labute approximate surface area is 85.5 Å². The molecule has 0 spiro atoms. The first-order valence-corrected chi connectivity index (χ1v) is 5.21. The van der Waals surface area contributed by atoms with Gasteiger partial charge in [0.25, 0.3) is 0 Å². The number of ether oxygens (including phenoxy) is 1. The molecule has 1 aromatic carbocycles. The second-order valence-electron chi connectivity index (χ2n) is 3.80. The van der Waals surface area contributed by atoms with Gasteiger partial charge in [-0.2, -0.15) is 0 Å². The minimum atomic E-state index is 0.995. The fourth-order valence-corrected chi connectivity index (χ4v) is 2.12. The van der Waals surface area contributed by atoms with Gasteiger partial charge in [0.1, 0.15) is 5.75 Å². The molecule has 2 rings (SSSR count). The van der Waals surface area contributed by atoms with Crippen molar-refractivity contribution < 1.29 is 4.74 Å². The molecule has 1 aliphatic rings. The minimum absolute atomic E-state index is 0.995. The van der Waals surface area contributed by atoms with Gasteiger partial charge in [-0.1, -0.05) is 6.07 Å². The van der Waals surface area contributed by atoms with Crippen molar-refractivity contribution in [3.63, 3.8) is 0 Å². The van der Waals surface area contributed by atoms with Crippen molar-refractivity contribution in [2.45, 2.75) is 19.8 Å². The van der Waals surface area contributed by atoms with E-state index in [-0.39, 0.29) is 0 Å². The van der Waals surface area contributed by atoms with Crippen LogP contribution in [0.15, 0.2) is 18.2 Å². The second kappa shape index (κ2) is 3.91. The van der Waals surface area contributed by atoms with Crippen LogP contribution in [-0.4, -0.2) is 20.2 Å². The number of methoxy groups -OCH3 is 1. The van der Waals surface area contributed by atoms with Crippen molar-refractivity contribution in [1.82, 2.24) is 0 Å². The van der Waals surface area contributed by atoms with E-state index in [1.807, 2.05) is 6.07 Å². The van der Waals surface area contributed by atoms with E-state index in [2.05, 4.69) is 24.0 Å². The zero-order chi connectivity index (χ0) is 9.97. The fraction of sp³-hybridized carbons (Fsp3) is 0.500. The fourth-order valence-electron chi connectivity index (χ4n) is 2.12. The Balaban J connectivity index is 2.32. The predicted molar refractivity (Wildman–Crippen MR) is 59.2 cm³/mol. The molecule has 0 bridgehead atoms. The second-order valence-corrected chi connectivity index (χ2v) is 3.80. The average Bonchev–Trinajstić information content (AvgIpc) is 2.71. The molecular formula is C12H17NO. The number of anilines is 1. The molecule has 1 saturated heterocycles. The van der Waals surface area contributed by atoms with E-state index >= 15 is 0 Å². The van der Waals surface area contributed by atoms with Gasteiger partial charge in [0.05, 0.1) is 7.11 Å². The predicted octanol–water partition coefficient (Wildman–Crippen LogP) is 2.60. The Morgan fingerprint density at radius 2 is 1.93 bits per heavy atom. The third-order valence-corrected chi connectivity index (χ3v) is 2.92. The van der Waals surface area contributed by atoms with Gasteiger partial charge in [0.2, 0.25) is 0 Å². The van der Waals surface area contributed by atoms with Crippen molar-refractivity contribution in [1.29, 1.82) is 0 Å². The monoisotopic (exact) mass is 191 g/mol. The number of nitrogens with zero attached hydrogens (tertiary/aromatic N) is 1. The van der Waals surface area contributed by atoms with Crippen LogP contribution in [0, 0.1) is 6.92 Å². The maximum absolute atomic E-state index is 5.32. The smallest absolute Gasteiger partial charge is 0.123 e. The average molecular weight is 191 g/mol. The molecule has 1 fully saturated rings. The summed E-state index contributed by atoms with van der Waals surface area (Å²) in [5.41, 5.74) is 2.60. The van der Waals surface area contributed by atoms with Gasteiger partial charge in [-0.05, 0) is 31.9 Å². The molecule has 0 N–H and O–H groups in total. The normalized spacial score (nSPS) is 16.0. The summed E-state index contributed by atoms with van der Waals surface area (Å²) in [5.74, 6) is 0.995. The lowest BCUT2D eigenvalue weighted by molar-refractivity contribution is 0.411. The highest BCUT2D eigenvalue weighted by atomic mass is 16.5. The van der Waals surface area contributed by atoms with E-state index in [1.54, 1.807) is 7.11 Å². The molecule has 0 radical (unpaired) electrons. The quantitative estimate of drug-likeness (QED) is 0.712. The van der Waals surface area contributed by atoms with Gasteiger partial charge in [-0.15, -0.1) is 0 Å². The number of hydrogen-bond donors (Lipinski definition) is 0. The standard InChI is InChI=1S/C12H17NO/c1-10-11(13-8-3-4-9-13)6-5-7-12(10)14-2/h5-7H,3-4,8-9H2,1-2H3. The van der Waals surface area contributed by atoms with Gasteiger partial charge in [0, 0.05) is 24.3 Å². The van der Waals surface area contributed by atoms with E-state index in [9.17, 15) is 0 Å². The highest BCUT2D eigenvalue weighted by Crippen LogP contribution is 2.30. The van der Waals surface area contributed by atoms with Crippen LogP contribution in [0.5, 0.6) is 5.75 Å². The van der Waals surface area contributed by atoms with Crippen molar-refractivity contribution >= 4 is 5.69 Å². The van der Waals surface area contributed by atoms with E-state index in [0.29, 0.717) is 0 Å². The Morgan fingerprint density at radius 3 is 2.57 bits per heavy atom. The third-order valence-electron chi connectivity index (χ3n) is 2.92. The molecular weight excluding hydrogens is 174 g/mol. The first-order valence-electron chi connectivity index (χ1n) is 5.21. The molecule has 1 aliphatic heterocycles. The lowest BCUT2D eigenvalue weighted by Crippen LogP contribution is -2.18. The molecule has 0 aromatic heterocycles. The van der Waals surface area contributed by atoms with Crippen LogP contribution >= 0.6 is 0 Å². The largest absolute Gasteiger partial charge is 0.496 e. The van der Waals surface area contributed by atoms with Gasteiger partial charge >= 0.3 is 0 Å². The van der Waals surface area contributed by atoms with E-state index < -0.39 is 0 Å². The summed E-state index contributed by atoms with van der Waals surface area (Å²) in [6, 6.07) is 6.28. The number of rotatable bonds is 2. The van der Waals surface area contributed by atoms with Gasteiger partial charge in [-0.25, -0.2) is 0 Å². The van der Waals surface area contributed by atoms with Crippen LogP contribution in [-0.2, 0) is 0 Å².